The van der Waals surface area contributed by atoms with Gasteiger partial charge in [-0.15, -0.1) is 11.3 Å². The van der Waals surface area contributed by atoms with Crippen LogP contribution >= 0.6 is 11.3 Å². The first-order chi connectivity index (χ1) is 29.5. The van der Waals surface area contributed by atoms with Crippen molar-refractivity contribution in [3.05, 3.63) is 193 Å². The van der Waals surface area contributed by atoms with E-state index in [2.05, 4.69) is 193 Å². The lowest BCUT2D eigenvalue weighted by molar-refractivity contribution is 0.514. The summed E-state index contributed by atoms with van der Waals surface area (Å²) in [6, 6.07) is 40.5. The molecule has 0 radical (unpaired) electrons. The quantitative estimate of drug-likeness (QED) is 0.159. The molecule has 302 valence electrons. The predicted molar refractivity (Wildman–Crippen MR) is 259 cm³/mol. The summed E-state index contributed by atoms with van der Waals surface area (Å²) in [6.07, 6.45) is 36.8. The van der Waals surface area contributed by atoms with Crippen molar-refractivity contribution in [3.8, 4) is 11.4 Å². The summed E-state index contributed by atoms with van der Waals surface area (Å²) >= 11 is 1.84. The second-order valence-corrected chi connectivity index (χ2v) is 18.1. The van der Waals surface area contributed by atoms with Crippen molar-refractivity contribution in [1.29, 1.82) is 0 Å². The van der Waals surface area contributed by atoms with E-state index < -0.39 is 0 Å². The van der Waals surface area contributed by atoms with Gasteiger partial charge < -0.3 is 13.6 Å². The van der Waals surface area contributed by atoms with Crippen LogP contribution in [0, 0.1) is 0 Å². The molecule has 0 bridgehead atoms. The highest BCUT2D eigenvalue weighted by atomic mass is 32.1. The Hall–Kier alpha value is -5.84. The van der Waals surface area contributed by atoms with Gasteiger partial charge in [0.05, 0.1) is 31.5 Å². The maximum atomic E-state index is 6.82. The summed E-state index contributed by atoms with van der Waals surface area (Å²) in [6.45, 7) is 4.61. The molecule has 0 saturated heterocycles. The molecule has 0 N–H and O–H groups in total. The van der Waals surface area contributed by atoms with Gasteiger partial charge in [0.15, 0.2) is 11.2 Å². The Balaban J connectivity index is 1.14. The molecule has 4 heteroatoms. The van der Waals surface area contributed by atoms with Crippen molar-refractivity contribution in [2.75, 3.05) is 0 Å². The van der Waals surface area contributed by atoms with Gasteiger partial charge in [0.1, 0.15) is 0 Å². The zero-order valence-corrected chi connectivity index (χ0v) is 35.9. The average molecular weight is 805 g/mol. The summed E-state index contributed by atoms with van der Waals surface area (Å²) in [5.74, 6) is 0.643. The van der Waals surface area contributed by atoms with E-state index in [-0.39, 0.29) is 5.41 Å². The minimum atomic E-state index is -0.226. The van der Waals surface area contributed by atoms with Gasteiger partial charge in [-0.3, -0.25) is 0 Å². The molecular weight excluding hydrogens is 749 g/mol. The number of benzene rings is 5. The minimum absolute atomic E-state index is 0.226. The van der Waals surface area contributed by atoms with Gasteiger partial charge in [-0.1, -0.05) is 181 Å². The number of para-hydroxylation sites is 3. The van der Waals surface area contributed by atoms with Crippen LogP contribution in [0.5, 0.6) is 0 Å². The monoisotopic (exact) mass is 804 g/mol. The van der Waals surface area contributed by atoms with Gasteiger partial charge in [0, 0.05) is 22.9 Å². The van der Waals surface area contributed by atoms with E-state index >= 15 is 0 Å². The van der Waals surface area contributed by atoms with Gasteiger partial charge >= 0.3 is 0 Å². The van der Waals surface area contributed by atoms with Crippen molar-refractivity contribution in [3.63, 3.8) is 0 Å². The molecule has 1 saturated carbocycles. The average Bonchev–Trinajstić information content (AvgIpc) is 3.33. The van der Waals surface area contributed by atoms with E-state index in [0.29, 0.717) is 5.92 Å². The Morgan fingerprint density at radius 1 is 0.500 bits per heavy atom. The topological polar surface area (TPSA) is 23.0 Å². The molecule has 0 aliphatic heterocycles. The third-order valence-corrected chi connectivity index (χ3v) is 13.8. The van der Waals surface area contributed by atoms with Crippen LogP contribution in [-0.4, -0.2) is 9.13 Å². The van der Waals surface area contributed by atoms with Crippen molar-refractivity contribution in [1.82, 2.24) is 9.13 Å². The van der Waals surface area contributed by atoms with Crippen molar-refractivity contribution in [2.45, 2.75) is 89.4 Å². The van der Waals surface area contributed by atoms with Crippen LogP contribution in [0.15, 0.2) is 186 Å². The number of hydrogen-bond acceptors (Lipinski definition) is 2. The fourth-order valence-corrected chi connectivity index (χ4v) is 10.3. The third kappa shape index (κ3) is 8.44. The molecule has 0 unspecified atom stereocenters. The van der Waals surface area contributed by atoms with Crippen LogP contribution in [0.2, 0.25) is 0 Å². The first kappa shape index (κ1) is 39.6. The first-order valence-corrected chi connectivity index (χ1v) is 22.9. The van der Waals surface area contributed by atoms with Gasteiger partial charge in [-0.25, -0.2) is 0 Å². The Bertz CT molecular complexity index is 2830. The maximum Gasteiger partial charge on any atom is 0.153 e. The van der Waals surface area contributed by atoms with Crippen molar-refractivity contribution in [2.24, 2.45) is 0 Å². The van der Waals surface area contributed by atoms with Crippen LogP contribution < -0.4 is 0 Å². The second kappa shape index (κ2) is 18.2. The normalized spacial score (nSPS) is 19.7. The van der Waals surface area contributed by atoms with Gasteiger partial charge in [0.25, 0.3) is 0 Å². The van der Waals surface area contributed by atoms with Crippen LogP contribution in [0.4, 0.5) is 0 Å². The molecule has 2 heterocycles. The Morgan fingerprint density at radius 2 is 1.07 bits per heavy atom. The minimum Gasteiger partial charge on any atom is -0.453 e. The Labute approximate surface area is 359 Å². The van der Waals surface area contributed by atoms with E-state index in [1.807, 2.05) is 17.4 Å². The largest absolute Gasteiger partial charge is 0.453 e. The summed E-state index contributed by atoms with van der Waals surface area (Å²) in [5, 5.41) is 0. The highest BCUT2D eigenvalue weighted by Crippen LogP contribution is 2.39. The molecule has 0 spiro atoms. The summed E-state index contributed by atoms with van der Waals surface area (Å²) < 4.78 is 14.1. The predicted octanol–water partition coefficient (Wildman–Crippen LogP) is 16.7. The fourth-order valence-electron chi connectivity index (χ4n) is 9.21. The van der Waals surface area contributed by atoms with Gasteiger partial charge in [0.2, 0.25) is 0 Å². The third-order valence-electron chi connectivity index (χ3n) is 12.7. The molecule has 2 aromatic heterocycles. The molecule has 2 aliphatic rings. The fraction of sp³-hybridized carbons (Fsp3) is 0.250. The number of hydrogen-bond donors (Lipinski definition) is 0. The molecule has 1 fully saturated rings. The smallest absolute Gasteiger partial charge is 0.153 e. The molecule has 9 rings (SSSR count). The number of nitrogens with zero attached hydrogens (tertiary/aromatic N) is 2. The van der Waals surface area contributed by atoms with Crippen molar-refractivity contribution >= 4 is 54.0 Å². The molecular formula is C56H56N2OS. The zero-order chi connectivity index (χ0) is 40.7. The lowest BCUT2D eigenvalue weighted by atomic mass is 9.77. The highest BCUT2D eigenvalue weighted by Gasteiger charge is 2.24. The second-order valence-electron chi connectivity index (χ2n) is 17.0. The number of fused-ring (bicyclic) bond motifs is 4. The molecule has 3 nitrogen and oxygen atoms in total. The Kier molecular flexibility index (Phi) is 12.0. The summed E-state index contributed by atoms with van der Waals surface area (Å²) in [4.78, 5) is 0. The summed E-state index contributed by atoms with van der Waals surface area (Å²) in [5.41, 5.74) is 12.2. The molecule has 2 aliphatic carbocycles. The van der Waals surface area contributed by atoms with Crippen LogP contribution in [0.25, 0.3) is 54.0 Å². The lowest BCUT2D eigenvalue weighted by Gasteiger charge is -2.27. The zero-order valence-electron chi connectivity index (χ0n) is 35.1. The van der Waals surface area contributed by atoms with E-state index in [9.17, 15) is 0 Å². The van der Waals surface area contributed by atoms with E-state index in [1.165, 1.54) is 102 Å². The van der Waals surface area contributed by atoms with Crippen LogP contribution in [0.1, 0.15) is 95.1 Å². The molecule has 60 heavy (non-hydrogen) atoms. The van der Waals surface area contributed by atoms with Crippen molar-refractivity contribution < 1.29 is 4.42 Å². The number of aromatic nitrogens is 2. The number of allylic oxidation sites excluding steroid dienone is 12. The Morgan fingerprint density at radius 3 is 1.77 bits per heavy atom. The molecule has 0 amide bonds. The van der Waals surface area contributed by atoms with Gasteiger partial charge in [-0.2, -0.15) is 0 Å². The SMILES string of the molecule is CC(C)(C1=C/C=C\C=C/C=C\C=C/C=C\1)c1ccc(-n2c3ccccc3oc3cc4c(cc32)sc2ccccc2n4-c2ccc(C3CCCCCCCCCC3)cc2)cc1. The standard InChI is InChI=1S/C56H56N2OS/c1-56(2,44-26-18-14-10-4-3-5-11-15-19-27-44)45-34-38-47(39-35-45)57-48-28-20-22-30-52(48)59-53-40-51-55(41-50(53)57)60-54-31-23-21-29-49(54)58(51)46-36-32-43(33-37-46)42-24-16-12-8-6-7-9-13-17-25-42/h3-5,10-11,14-15,18-23,26-42H,6-9,12-13,16-17,24-25H2,1-2H3/b4-3-,5-3?,10-4?,11-5-,14-10-,15-11?,18-14?,19-15-,26-18-,27-19?,44-26?,44-27+. The van der Waals surface area contributed by atoms with E-state index in [1.54, 1.807) is 0 Å². The molecule has 7 aromatic rings. The van der Waals surface area contributed by atoms with Crippen LogP contribution in [-0.2, 0) is 5.41 Å². The lowest BCUT2D eigenvalue weighted by Crippen LogP contribution is -2.19. The maximum absolute atomic E-state index is 6.82. The van der Waals surface area contributed by atoms with Crippen LogP contribution in [0.3, 0.4) is 0 Å². The highest BCUT2D eigenvalue weighted by molar-refractivity contribution is 7.24. The first-order valence-electron chi connectivity index (χ1n) is 22.1. The van der Waals surface area contributed by atoms with E-state index in [4.69, 9.17) is 4.42 Å². The van der Waals surface area contributed by atoms with E-state index in [0.717, 1.165) is 33.4 Å². The number of rotatable bonds is 5. The molecule has 0 atom stereocenters. The van der Waals surface area contributed by atoms with Gasteiger partial charge in [-0.05, 0) is 90.1 Å². The summed E-state index contributed by atoms with van der Waals surface area (Å²) in [7, 11) is 0. The molecule has 5 aromatic carbocycles.